The van der Waals surface area contributed by atoms with Crippen LogP contribution in [0.3, 0.4) is 0 Å². The van der Waals surface area contributed by atoms with E-state index in [1.807, 2.05) is 0 Å². The van der Waals surface area contributed by atoms with E-state index < -0.39 is 0 Å². The van der Waals surface area contributed by atoms with Crippen LogP contribution in [0.1, 0.15) is 26.2 Å². The molecule has 1 aliphatic rings. The van der Waals surface area contributed by atoms with Crippen molar-refractivity contribution in [3.05, 3.63) is 6.33 Å². The van der Waals surface area contributed by atoms with Gasteiger partial charge < -0.3 is 19.7 Å². The summed E-state index contributed by atoms with van der Waals surface area (Å²) in [5.74, 6) is 1.84. The van der Waals surface area contributed by atoms with E-state index in [4.69, 9.17) is 9.47 Å². The Morgan fingerprint density at radius 3 is 2.75 bits per heavy atom. The molecule has 0 spiro atoms. The van der Waals surface area contributed by atoms with E-state index in [-0.39, 0.29) is 6.10 Å². The van der Waals surface area contributed by atoms with Crippen LogP contribution in [0.2, 0.25) is 0 Å². The SMILES string of the molecule is CCCNc1ncnc(OC2CCN(C)CC2)c1OC. The van der Waals surface area contributed by atoms with Gasteiger partial charge in [0.25, 0.3) is 5.88 Å². The number of methoxy groups -OCH3 is 1. The smallest absolute Gasteiger partial charge is 0.262 e. The zero-order valence-corrected chi connectivity index (χ0v) is 12.6. The fourth-order valence-corrected chi connectivity index (χ4v) is 2.26. The third-order valence-electron chi connectivity index (χ3n) is 3.46. The molecule has 1 N–H and O–H groups in total. The Balaban J connectivity index is 2.06. The summed E-state index contributed by atoms with van der Waals surface area (Å²) in [6.45, 7) is 5.07. The maximum atomic E-state index is 6.00. The summed E-state index contributed by atoms with van der Waals surface area (Å²) >= 11 is 0. The van der Waals surface area contributed by atoms with Crippen LogP contribution < -0.4 is 14.8 Å². The maximum Gasteiger partial charge on any atom is 0.262 e. The molecular formula is C14H24N4O2. The molecule has 0 unspecified atom stereocenters. The zero-order valence-electron chi connectivity index (χ0n) is 12.6. The topological polar surface area (TPSA) is 59.5 Å². The highest BCUT2D eigenvalue weighted by atomic mass is 16.5. The molecule has 6 nitrogen and oxygen atoms in total. The van der Waals surface area contributed by atoms with Gasteiger partial charge in [0.1, 0.15) is 12.4 Å². The number of nitrogens with one attached hydrogen (secondary N) is 1. The molecular weight excluding hydrogens is 256 g/mol. The molecule has 0 aromatic carbocycles. The molecule has 1 aromatic rings. The van der Waals surface area contributed by atoms with Crippen LogP contribution in [-0.4, -0.2) is 54.8 Å². The van der Waals surface area contributed by atoms with E-state index in [1.54, 1.807) is 7.11 Å². The minimum Gasteiger partial charge on any atom is -0.489 e. The highest BCUT2D eigenvalue weighted by Gasteiger charge is 2.21. The van der Waals surface area contributed by atoms with Gasteiger partial charge in [-0.15, -0.1) is 0 Å². The molecule has 0 aliphatic carbocycles. The number of nitrogens with zero attached hydrogens (tertiary/aromatic N) is 3. The summed E-state index contributed by atoms with van der Waals surface area (Å²) in [6.07, 6.45) is 4.78. The molecule has 1 saturated heterocycles. The predicted molar refractivity (Wildman–Crippen MR) is 78.5 cm³/mol. The van der Waals surface area contributed by atoms with E-state index in [0.717, 1.165) is 38.9 Å². The van der Waals surface area contributed by atoms with Crippen molar-refractivity contribution in [1.29, 1.82) is 0 Å². The van der Waals surface area contributed by atoms with Crippen molar-refractivity contribution in [1.82, 2.24) is 14.9 Å². The van der Waals surface area contributed by atoms with Crippen molar-refractivity contribution >= 4 is 5.82 Å². The molecule has 0 atom stereocenters. The first-order chi connectivity index (χ1) is 9.74. The van der Waals surface area contributed by atoms with Gasteiger partial charge in [0.15, 0.2) is 5.82 Å². The number of anilines is 1. The summed E-state index contributed by atoms with van der Waals surface area (Å²) in [4.78, 5) is 10.7. The highest BCUT2D eigenvalue weighted by molar-refractivity contribution is 5.55. The molecule has 0 radical (unpaired) electrons. The van der Waals surface area contributed by atoms with Gasteiger partial charge in [0.05, 0.1) is 7.11 Å². The Labute approximate surface area is 120 Å². The van der Waals surface area contributed by atoms with Gasteiger partial charge in [0, 0.05) is 19.6 Å². The first kappa shape index (κ1) is 14.8. The van der Waals surface area contributed by atoms with E-state index in [1.165, 1.54) is 6.33 Å². The Morgan fingerprint density at radius 2 is 2.10 bits per heavy atom. The Bertz CT molecular complexity index is 420. The van der Waals surface area contributed by atoms with Crippen molar-refractivity contribution in [2.75, 3.05) is 39.1 Å². The van der Waals surface area contributed by atoms with Crippen molar-refractivity contribution in [3.63, 3.8) is 0 Å². The number of hydrogen-bond acceptors (Lipinski definition) is 6. The summed E-state index contributed by atoms with van der Waals surface area (Å²) in [7, 11) is 3.76. The van der Waals surface area contributed by atoms with Crippen LogP contribution in [-0.2, 0) is 0 Å². The van der Waals surface area contributed by atoms with Gasteiger partial charge in [0.2, 0.25) is 5.75 Å². The molecule has 20 heavy (non-hydrogen) atoms. The lowest BCUT2D eigenvalue weighted by atomic mass is 10.1. The number of ether oxygens (including phenoxy) is 2. The molecule has 0 amide bonds. The second kappa shape index (κ2) is 7.28. The number of likely N-dealkylation sites (tertiary alicyclic amines) is 1. The fourth-order valence-electron chi connectivity index (χ4n) is 2.26. The van der Waals surface area contributed by atoms with Crippen molar-refractivity contribution in [2.45, 2.75) is 32.3 Å². The van der Waals surface area contributed by atoms with Crippen LogP contribution in [0.25, 0.3) is 0 Å². The summed E-state index contributed by atoms with van der Waals surface area (Å²) in [5, 5.41) is 3.23. The molecule has 1 aliphatic heterocycles. The van der Waals surface area contributed by atoms with Crippen LogP contribution in [0, 0.1) is 0 Å². The quantitative estimate of drug-likeness (QED) is 0.857. The molecule has 1 fully saturated rings. The summed E-state index contributed by atoms with van der Waals surface area (Å²) in [5.41, 5.74) is 0. The van der Waals surface area contributed by atoms with Crippen molar-refractivity contribution in [3.8, 4) is 11.6 Å². The normalized spacial score (nSPS) is 16.9. The second-order valence-electron chi connectivity index (χ2n) is 5.11. The first-order valence-electron chi connectivity index (χ1n) is 7.22. The zero-order chi connectivity index (χ0) is 14.4. The van der Waals surface area contributed by atoms with Crippen molar-refractivity contribution in [2.24, 2.45) is 0 Å². The van der Waals surface area contributed by atoms with E-state index in [0.29, 0.717) is 17.4 Å². The third-order valence-corrected chi connectivity index (χ3v) is 3.46. The third kappa shape index (κ3) is 3.72. The number of hydrogen-bond donors (Lipinski definition) is 1. The van der Waals surface area contributed by atoms with E-state index in [9.17, 15) is 0 Å². The molecule has 0 bridgehead atoms. The largest absolute Gasteiger partial charge is 0.489 e. The van der Waals surface area contributed by atoms with Gasteiger partial charge in [-0.25, -0.2) is 4.98 Å². The number of aromatic nitrogens is 2. The van der Waals surface area contributed by atoms with Crippen LogP contribution in [0.15, 0.2) is 6.33 Å². The predicted octanol–water partition coefficient (Wildman–Crippen LogP) is 1.78. The van der Waals surface area contributed by atoms with Crippen molar-refractivity contribution < 1.29 is 9.47 Å². The average molecular weight is 280 g/mol. The minimum atomic E-state index is 0.203. The lowest BCUT2D eigenvalue weighted by molar-refractivity contribution is 0.106. The number of piperidine rings is 1. The molecule has 0 saturated carbocycles. The molecule has 2 heterocycles. The summed E-state index contributed by atoms with van der Waals surface area (Å²) < 4.78 is 11.4. The van der Waals surface area contributed by atoms with Crippen LogP contribution in [0.4, 0.5) is 5.82 Å². The Hall–Kier alpha value is -1.56. The first-order valence-corrected chi connectivity index (χ1v) is 7.22. The molecule has 1 aromatic heterocycles. The highest BCUT2D eigenvalue weighted by Crippen LogP contribution is 2.32. The van der Waals surface area contributed by atoms with Crippen LogP contribution in [0.5, 0.6) is 11.6 Å². The minimum absolute atomic E-state index is 0.203. The number of rotatable bonds is 6. The lowest BCUT2D eigenvalue weighted by Gasteiger charge is -2.29. The fraction of sp³-hybridized carbons (Fsp3) is 0.714. The van der Waals surface area contributed by atoms with Gasteiger partial charge in [-0.05, 0) is 26.3 Å². The van der Waals surface area contributed by atoms with Gasteiger partial charge >= 0.3 is 0 Å². The van der Waals surface area contributed by atoms with Gasteiger partial charge in [-0.1, -0.05) is 6.92 Å². The van der Waals surface area contributed by atoms with E-state index in [2.05, 4.69) is 34.2 Å². The summed E-state index contributed by atoms with van der Waals surface area (Å²) in [6, 6.07) is 0. The Morgan fingerprint density at radius 1 is 1.35 bits per heavy atom. The monoisotopic (exact) mass is 280 g/mol. The molecule has 6 heteroatoms. The lowest BCUT2D eigenvalue weighted by Crippen LogP contribution is -2.35. The molecule has 2 rings (SSSR count). The molecule has 112 valence electrons. The standard InChI is InChI=1S/C14H24N4O2/c1-4-7-15-13-12(19-3)14(17-10-16-13)20-11-5-8-18(2)9-6-11/h10-11H,4-9H2,1-3H3,(H,15,16,17). The van der Waals surface area contributed by atoms with E-state index >= 15 is 0 Å². The second-order valence-corrected chi connectivity index (χ2v) is 5.11. The average Bonchev–Trinajstić information content (AvgIpc) is 2.47. The maximum absolute atomic E-state index is 6.00. The van der Waals surface area contributed by atoms with Gasteiger partial charge in [-0.2, -0.15) is 4.98 Å². The van der Waals surface area contributed by atoms with Crippen LogP contribution >= 0.6 is 0 Å². The Kier molecular flexibility index (Phi) is 5.40. The van der Waals surface area contributed by atoms with Gasteiger partial charge in [-0.3, -0.25) is 0 Å².